The summed E-state index contributed by atoms with van der Waals surface area (Å²) in [5.74, 6) is -1.10. The molecule has 0 bridgehead atoms. The highest BCUT2D eigenvalue weighted by molar-refractivity contribution is 7.89. The van der Waals surface area contributed by atoms with Crippen molar-refractivity contribution in [3.63, 3.8) is 0 Å². The summed E-state index contributed by atoms with van der Waals surface area (Å²) in [6, 6.07) is 14.4. The Morgan fingerprint density at radius 3 is 2.27 bits per heavy atom. The first-order valence-electron chi connectivity index (χ1n) is 9.53. The van der Waals surface area contributed by atoms with Crippen molar-refractivity contribution in [1.29, 1.82) is 0 Å². The molecule has 3 aromatic rings. The molecule has 0 unspecified atom stereocenters. The summed E-state index contributed by atoms with van der Waals surface area (Å²) in [4.78, 5) is 10.3. The van der Waals surface area contributed by atoms with Gasteiger partial charge >= 0.3 is 6.09 Å². The Morgan fingerprint density at radius 1 is 0.970 bits per heavy atom. The molecule has 1 amide bonds. The summed E-state index contributed by atoms with van der Waals surface area (Å²) >= 11 is 11.9. The molecule has 0 aliphatic rings. The van der Waals surface area contributed by atoms with Gasteiger partial charge in [-0.2, -0.15) is 4.31 Å². The molecule has 0 heterocycles. The lowest BCUT2D eigenvalue weighted by Gasteiger charge is -2.23. The minimum Gasteiger partial charge on any atom is -0.505 e. The zero-order chi connectivity index (χ0) is 24.2. The van der Waals surface area contributed by atoms with Gasteiger partial charge in [-0.1, -0.05) is 59.6 Å². The van der Waals surface area contributed by atoms with Crippen molar-refractivity contribution in [3.8, 4) is 5.75 Å². The van der Waals surface area contributed by atoms with Crippen molar-refractivity contribution >= 4 is 39.3 Å². The predicted octanol–water partition coefficient (Wildman–Crippen LogP) is 5.00. The highest BCUT2D eigenvalue weighted by atomic mass is 35.5. The summed E-state index contributed by atoms with van der Waals surface area (Å²) in [5.41, 5.74) is 1.71. The number of hydrogen-bond donors (Lipinski definition) is 3. The molecular weight excluding hydrogens is 494 g/mol. The zero-order valence-electron chi connectivity index (χ0n) is 17.0. The van der Waals surface area contributed by atoms with E-state index in [2.05, 4.69) is 5.32 Å². The minimum absolute atomic E-state index is 0.0276. The second kappa shape index (κ2) is 10.4. The van der Waals surface area contributed by atoms with E-state index >= 15 is 0 Å². The first-order chi connectivity index (χ1) is 15.6. The maximum atomic E-state index is 13.5. The summed E-state index contributed by atoms with van der Waals surface area (Å²) in [5, 5.41) is 21.2. The molecule has 0 aliphatic heterocycles. The van der Waals surface area contributed by atoms with Crippen LogP contribution in [0.15, 0.2) is 65.6 Å². The molecule has 3 rings (SSSR count). The Morgan fingerprint density at radius 2 is 1.61 bits per heavy atom. The maximum absolute atomic E-state index is 13.5. The van der Waals surface area contributed by atoms with E-state index in [1.165, 1.54) is 30.3 Å². The summed E-state index contributed by atoms with van der Waals surface area (Å²) < 4.78 is 41.5. The van der Waals surface area contributed by atoms with Gasteiger partial charge in [-0.05, 0) is 41.0 Å². The van der Waals surface area contributed by atoms with Crippen LogP contribution in [0.2, 0.25) is 10.0 Å². The fraction of sp³-hybridized carbons (Fsp3) is 0.136. The van der Waals surface area contributed by atoms with Crippen LogP contribution in [0.25, 0.3) is 0 Å². The number of phenolic OH excluding ortho intramolecular Hbond substituents is 1. The molecule has 11 heteroatoms. The molecule has 0 aliphatic carbocycles. The number of amides is 1. The molecular formula is C22H19Cl2FN2O5S. The Bertz CT molecular complexity index is 1270. The highest BCUT2D eigenvalue weighted by Crippen LogP contribution is 2.36. The fourth-order valence-electron chi connectivity index (χ4n) is 3.12. The summed E-state index contributed by atoms with van der Waals surface area (Å²) in [6.07, 6.45) is -1.19. The van der Waals surface area contributed by atoms with Gasteiger partial charge in [0.25, 0.3) is 0 Å². The van der Waals surface area contributed by atoms with Gasteiger partial charge in [-0.3, -0.25) is 0 Å². The Hall–Kier alpha value is -2.85. The van der Waals surface area contributed by atoms with Gasteiger partial charge in [0.15, 0.2) is 5.75 Å². The number of carboxylic acid groups (broad SMARTS) is 1. The number of benzene rings is 3. The van der Waals surface area contributed by atoms with Crippen molar-refractivity contribution in [1.82, 2.24) is 9.62 Å². The third-order valence-electron chi connectivity index (χ3n) is 4.68. The van der Waals surface area contributed by atoms with E-state index in [1.807, 2.05) is 0 Å². The molecule has 0 spiro atoms. The molecule has 0 fully saturated rings. The number of carbonyl (C=O) groups is 1. The van der Waals surface area contributed by atoms with Crippen molar-refractivity contribution in [3.05, 3.63) is 93.2 Å². The van der Waals surface area contributed by atoms with E-state index in [0.717, 1.165) is 10.4 Å². The lowest BCUT2D eigenvalue weighted by atomic mass is 10.1. The first kappa shape index (κ1) is 24.8. The van der Waals surface area contributed by atoms with Gasteiger partial charge in [0.1, 0.15) is 10.7 Å². The number of nitrogens with zero attached hydrogens (tertiary/aromatic N) is 1. The van der Waals surface area contributed by atoms with Crippen LogP contribution in [0.5, 0.6) is 5.75 Å². The van der Waals surface area contributed by atoms with Crippen LogP contribution in [-0.4, -0.2) is 29.0 Å². The van der Waals surface area contributed by atoms with Gasteiger partial charge in [-0.15, -0.1) is 0 Å². The van der Waals surface area contributed by atoms with Crippen LogP contribution < -0.4 is 5.32 Å². The summed E-state index contributed by atoms with van der Waals surface area (Å²) in [7, 11) is -4.31. The van der Waals surface area contributed by atoms with E-state index in [9.17, 15) is 22.7 Å². The smallest absolute Gasteiger partial charge is 0.404 e. The average Bonchev–Trinajstić information content (AvgIpc) is 2.76. The van der Waals surface area contributed by atoms with Crippen LogP contribution in [0.4, 0.5) is 9.18 Å². The van der Waals surface area contributed by atoms with Crippen LogP contribution in [0.3, 0.4) is 0 Å². The SMILES string of the molecule is O=C(O)NCc1cccc(CN(Cc2ccc(F)cc2)S(=O)(=O)c2cc(Cl)cc(Cl)c2O)c1. The molecule has 7 nitrogen and oxygen atoms in total. The topological polar surface area (TPSA) is 107 Å². The molecule has 0 radical (unpaired) electrons. The predicted molar refractivity (Wildman–Crippen MR) is 122 cm³/mol. The standard InChI is InChI=1S/C22H19Cl2FN2O5S/c23-17-9-19(24)21(28)20(10-17)33(31,32)27(12-14-4-6-18(25)7-5-14)13-16-3-1-2-15(8-16)11-26-22(29)30/h1-10,26,28H,11-13H2,(H,29,30). The van der Waals surface area contributed by atoms with Crippen molar-refractivity contribution in [2.45, 2.75) is 24.5 Å². The number of aromatic hydroxyl groups is 1. The van der Waals surface area contributed by atoms with E-state index in [1.54, 1.807) is 24.3 Å². The number of sulfonamides is 1. The molecule has 174 valence electrons. The van der Waals surface area contributed by atoms with Gasteiger partial charge in [0.05, 0.1) is 5.02 Å². The van der Waals surface area contributed by atoms with Gasteiger partial charge < -0.3 is 15.5 Å². The molecule has 33 heavy (non-hydrogen) atoms. The second-order valence-corrected chi connectivity index (χ2v) is 9.86. The quantitative estimate of drug-likeness (QED) is 0.393. The molecule has 0 aromatic heterocycles. The fourth-order valence-corrected chi connectivity index (χ4v) is 5.28. The normalized spacial score (nSPS) is 11.5. The number of hydrogen-bond acceptors (Lipinski definition) is 4. The van der Waals surface area contributed by atoms with E-state index < -0.39 is 32.6 Å². The Labute approximate surface area is 200 Å². The lowest BCUT2D eigenvalue weighted by Crippen LogP contribution is -2.30. The Balaban J connectivity index is 2.01. The Kier molecular flexibility index (Phi) is 7.80. The molecule has 0 saturated heterocycles. The number of nitrogens with one attached hydrogen (secondary N) is 1. The third kappa shape index (κ3) is 6.35. The van der Waals surface area contributed by atoms with Crippen molar-refractivity contribution < 1.29 is 27.8 Å². The molecule has 3 N–H and O–H groups in total. The van der Waals surface area contributed by atoms with E-state index in [4.69, 9.17) is 28.3 Å². The molecule has 0 saturated carbocycles. The highest BCUT2D eigenvalue weighted by Gasteiger charge is 2.29. The van der Waals surface area contributed by atoms with Crippen molar-refractivity contribution in [2.24, 2.45) is 0 Å². The number of rotatable bonds is 8. The van der Waals surface area contributed by atoms with E-state index in [0.29, 0.717) is 16.7 Å². The third-order valence-corrected chi connectivity index (χ3v) is 6.99. The van der Waals surface area contributed by atoms with Crippen LogP contribution in [-0.2, 0) is 29.7 Å². The van der Waals surface area contributed by atoms with Gasteiger partial charge in [0.2, 0.25) is 10.0 Å². The minimum atomic E-state index is -4.31. The van der Waals surface area contributed by atoms with Crippen LogP contribution >= 0.6 is 23.2 Å². The first-order valence-corrected chi connectivity index (χ1v) is 11.7. The number of halogens is 3. The molecule has 0 atom stereocenters. The van der Waals surface area contributed by atoms with Gasteiger partial charge in [0, 0.05) is 24.7 Å². The monoisotopic (exact) mass is 512 g/mol. The van der Waals surface area contributed by atoms with Crippen molar-refractivity contribution in [2.75, 3.05) is 0 Å². The van der Waals surface area contributed by atoms with Gasteiger partial charge in [-0.25, -0.2) is 17.6 Å². The largest absolute Gasteiger partial charge is 0.505 e. The maximum Gasteiger partial charge on any atom is 0.404 e. The second-order valence-electron chi connectivity index (χ2n) is 7.11. The molecule has 3 aromatic carbocycles. The van der Waals surface area contributed by atoms with Crippen LogP contribution in [0.1, 0.15) is 16.7 Å². The number of phenols is 1. The lowest BCUT2D eigenvalue weighted by molar-refractivity contribution is 0.194. The van der Waals surface area contributed by atoms with Crippen LogP contribution in [0, 0.1) is 5.82 Å². The summed E-state index contributed by atoms with van der Waals surface area (Å²) in [6.45, 7) is -0.216. The van der Waals surface area contributed by atoms with E-state index in [-0.39, 0.29) is 29.7 Å². The average molecular weight is 513 g/mol. The zero-order valence-corrected chi connectivity index (χ0v) is 19.3.